The van der Waals surface area contributed by atoms with Gasteiger partial charge in [0.15, 0.2) is 0 Å². The molecule has 2 N–H and O–H groups in total. The maximum absolute atomic E-state index is 12.4. The van der Waals surface area contributed by atoms with E-state index in [-0.39, 0.29) is 17.7 Å². The van der Waals surface area contributed by atoms with Gasteiger partial charge in [0.25, 0.3) is 5.91 Å². The number of rotatable bonds is 4. The summed E-state index contributed by atoms with van der Waals surface area (Å²) in [5.74, 6) is -1.24. The molecule has 0 aliphatic carbocycles. The third-order valence-corrected chi connectivity index (χ3v) is 3.40. The largest absolute Gasteiger partial charge is 0.481 e. The van der Waals surface area contributed by atoms with Gasteiger partial charge in [-0.3, -0.25) is 9.59 Å². The van der Waals surface area contributed by atoms with Crippen LogP contribution in [0.2, 0.25) is 0 Å². The number of fused-ring (bicyclic) bond motifs is 1. The molecule has 2 aromatic heterocycles. The van der Waals surface area contributed by atoms with Gasteiger partial charge in [0.05, 0.1) is 23.7 Å². The lowest BCUT2D eigenvalue weighted by molar-refractivity contribution is -0.138. The maximum Gasteiger partial charge on any atom is 0.305 e. The van der Waals surface area contributed by atoms with Crippen molar-refractivity contribution in [3.63, 3.8) is 0 Å². The van der Waals surface area contributed by atoms with Crippen LogP contribution >= 0.6 is 0 Å². The lowest BCUT2D eigenvalue weighted by Gasteiger charge is -2.30. The predicted octanol–water partition coefficient (Wildman–Crippen LogP) is 1.95. The van der Waals surface area contributed by atoms with Gasteiger partial charge in [-0.15, -0.1) is 0 Å². The van der Waals surface area contributed by atoms with Crippen molar-refractivity contribution in [2.24, 2.45) is 5.41 Å². The van der Waals surface area contributed by atoms with Crippen molar-refractivity contribution in [3.05, 3.63) is 36.2 Å². The lowest BCUT2D eigenvalue weighted by Crippen LogP contribution is -2.45. The van der Waals surface area contributed by atoms with Gasteiger partial charge < -0.3 is 10.4 Å². The number of aliphatic carboxylic acids is 1. The molecular weight excluding hydrogens is 270 g/mol. The Balaban J connectivity index is 2.25. The normalized spacial score (nSPS) is 13.1. The van der Waals surface area contributed by atoms with Gasteiger partial charge in [-0.25, -0.2) is 4.52 Å². The summed E-state index contributed by atoms with van der Waals surface area (Å²) in [7, 11) is 0. The van der Waals surface area contributed by atoms with Gasteiger partial charge in [-0.1, -0.05) is 26.8 Å². The highest BCUT2D eigenvalue weighted by atomic mass is 16.4. The second-order valence-corrected chi connectivity index (χ2v) is 6.08. The Labute approximate surface area is 122 Å². The van der Waals surface area contributed by atoms with E-state index >= 15 is 0 Å². The zero-order valence-corrected chi connectivity index (χ0v) is 12.3. The first kappa shape index (κ1) is 15.0. The zero-order chi connectivity index (χ0) is 15.6. The first-order valence-electron chi connectivity index (χ1n) is 6.74. The highest BCUT2D eigenvalue weighted by Crippen LogP contribution is 2.22. The number of amides is 1. The number of hydrogen-bond acceptors (Lipinski definition) is 3. The van der Waals surface area contributed by atoms with Crippen LogP contribution in [0, 0.1) is 5.41 Å². The molecule has 0 saturated heterocycles. The molecule has 2 heterocycles. The smallest absolute Gasteiger partial charge is 0.305 e. The quantitative estimate of drug-likeness (QED) is 0.901. The van der Waals surface area contributed by atoms with E-state index in [9.17, 15) is 9.59 Å². The summed E-state index contributed by atoms with van der Waals surface area (Å²) in [6.45, 7) is 5.70. The number of aromatic nitrogens is 2. The molecule has 1 atom stereocenters. The second kappa shape index (κ2) is 5.55. The maximum atomic E-state index is 12.4. The molecule has 0 saturated carbocycles. The van der Waals surface area contributed by atoms with E-state index < -0.39 is 12.0 Å². The fourth-order valence-electron chi connectivity index (χ4n) is 2.09. The molecule has 112 valence electrons. The molecule has 0 aliphatic heterocycles. The summed E-state index contributed by atoms with van der Waals surface area (Å²) in [4.78, 5) is 23.4. The summed E-state index contributed by atoms with van der Waals surface area (Å²) in [5.41, 5.74) is 0.782. The number of carbonyl (C=O) groups is 2. The molecule has 0 aromatic carbocycles. The van der Waals surface area contributed by atoms with Crippen LogP contribution in [0.1, 0.15) is 37.6 Å². The number of pyridine rings is 1. The van der Waals surface area contributed by atoms with E-state index in [1.807, 2.05) is 32.9 Å². The Kier molecular flexibility index (Phi) is 3.97. The lowest BCUT2D eigenvalue weighted by atomic mass is 9.84. The molecule has 2 aromatic rings. The third-order valence-electron chi connectivity index (χ3n) is 3.40. The van der Waals surface area contributed by atoms with Crippen LogP contribution in [0.3, 0.4) is 0 Å². The number of carbonyl (C=O) groups excluding carboxylic acids is 1. The Morgan fingerprint density at radius 3 is 2.71 bits per heavy atom. The molecule has 21 heavy (non-hydrogen) atoms. The summed E-state index contributed by atoms with van der Waals surface area (Å²) in [6.07, 6.45) is 3.13. The topological polar surface area (TPSA) is 83.7 Å². The van der Waals surface area contributed by atoms with E-state index in [4.69, 9.17) is 5.11 Å². The minimum atomic E-state index is -0.935. The molecule has 0 bridgehead atoms. The number of nitrogens with one attached hydrogen (secondary N) is 1. The molecule has 0 radical (unpaired) electrons. The minimum absolute atomic E-state index is 0.117. The average Bonchev–Trinajstić information content (AvgIpc) is 2.80. The molecule has 6 nitrogen and oxygen atoms in total. The number of carboxylic acids is 1. The first-order chi connectivity index (χ1) is 9.79. The van der Waals surface area contributed by atoms with Gasteiger partial charge in [0, 0.05) is 12.2 Å². The van der Waals surface area contributed by atoms with Gasteiger partial charge in [-0.05, 0) is 17.5 Å². The van der Waals surface area contributed by atoms with Gasteiger partial charge in [0.1, 0.15) is 0 Å². The number of carboxylic acid groups (broad SMARTS) is 1. The van der Waals surface area contributed by atoms with Crippen molar-refractivity contribution in [2.45, 2.75) is 33.2 Å². The molecule has 1 unspecified atom stereocenters. The molecule has 0 spiro atoms. The van der Waals surface area contributed by atoms with Gasteiger partial charge in [-0.2, -0.15) is 5.10 Å². The molecule has 1 amide bonds. The van der Waals surface area contributed by atoms with Crippen LogP contribution in [0.5, 0.6) is 0 Å². The average molecular weight is 289 g/mol. The van der Waals surface area contributed by atoms with Gasteiger partial charge >= 0.3 is 5.97 Å². The van der Waals surface area contributed by atoms with Crippen LogP contribution < -0.4 is 5.32 Å². The molecule has 2 rings (SSSR count). The monoisotopic (exact) mass is 289 g/mol. The van der Waals surface area contributed by atoms with Crippen molar-refractivity contribution in [1.82, 2.24) is 14.9 Å². The fraction of sp³-hybridized carbons (Fsp3) is 0.400. The van der Waals surface area contributed by atoms with Crippen molar-refractivity contribution in [3.8, 4) is 0 Å². The standard InChI is InChI=1S/C15H19N3O3/c1-15(2,3)12(8-13(19)20)17-14(21)10-9-16-18-7-5-4-6-11(10)18/h4-7,9,12H,8H2,1-3H3,(H,17,21)(H,19,20). The molecule has 0 fully saturated rings. The zero-order valence-electron chi connectivity index (χ0n) is 12.3. The fourth-order valence-corrected chi connectivity index (χ4v) is 2.09. The Morgan fingerprint density at radius 2 is 2.10 bits per heavy atom. The van der Waals surface area contributed by atoms with Crippen molar-refractivity contribution in [2.75, 3.05) is 0 Å². The molecule has 6 heteroatoms. The highest BCUT2D eigenvalue weighted by Gasteiger charge is 2.29. The summed E-state index contributed by atoms with van der Waals surface area (Å²) >= 11 is 0. The third kappa shape index (κ3) is 3.39. The SMILES string of the molecule is CC(C)(C)C(CC(=O)O)NC(=O)c1cnn2ccccc12. The van der Waals surface area contributed by atoms with E-state index in [1.54, 1.807) is 16.8 Å². The minimum Gasteiger partial charge on any atom is -0.481 e. The van der Waals surface area contributed by atoms with Crippen LogP contribution in [0.25, 0.3) is 5.52 Å². The van der Waals surface area contributed by atoms with E-state index in [0.717, 1.165) is 0 Å². The summed E-state index contributed by atoms with van der Waals surface area (Å²) in [6, 6.07) is 4.99. The van der Waals surface area contributed by atoms with Crippen LogP contribution in [0.15, 0.2) is 30.6 Å². The molecular formula is C15H19N3O3. The van der Waals surface area contributed by atoms with Crippen LogP contribution in [-0.4, -0.2) is 32.6 Å². The summed E-state index contributed by atoms with van der Waals surface area (Å²) in [5, 5.41) is 15.9. The van der Waals surface area contributed by atoms with Crippen LogP contribution in [0.4, 0.5) is 0 Å². The van der Waals surface area contributed by atoms with E-state index in [0.29, 0.717) is 11.1 Å². The predicted molar refractivity (Wildman–Crippen MR) is 78.2 cm³/mol. The number of nitrogens with zero attached hydrogens (tertiary/aromatic N) is 2. The van der Waals surface area contributed by atoms with Crippen LogP contribution in [-0.2, 0) is 4.79 Å². The Hall–Kier alpha value is -2.37. The van der Waals surface area contributed by atoms with E-state index in [1.165, 1.54) is 6.20 Å². The number of hydrogen-bond donors (Lipinski definition) is 2. The Bertz CT molecular complexity index is 670. The van der Waals surface area contributed by atoms with Crippen molar-refractivity contribution in [1.29, 1.82) is 0 Å². The molecule has 0 aliphatic rings. The highest BCUT2D eigenvalue weighted by molar-refractivity contribution is 6.00. The van der Waals surface area contributed by atoms with Crippen molar-refractivity contribution < 1.29 is 14.7 Å². The second-order valence-electron chi connectivity index (χ2n) is 6.08. The first-order valence-corrected chi connectivity index (χ1v) is 6.74. The Morgan fingerprint density at radius 1 is 1.38 bits per heavy atom. The van der Waals surface area contributed by atoms with E-state index in [2.05, 4.69) is 10.4 Å². The van der Waals surface area contributed by atoms with Gasteiger partial charge in [0.2, 0.25) is 0 Å². The van der Waals surface area contributed by atoms with Crippen molar-refractivity contribution >= 4 is 17.4 Å². The summed E-state index contributed by atoms with van der Waals surface area (Å²) < 4.78 is 1.61.